The number of allylic oxidation sites excluding steroid dienone is 2. The number of ether oxygens (including phenoxy) is 1. The quantitative estimate of drug-likeness (QED) is 0.365. The lowest BCUT2D eigenvalue weighted by Gasteiger charge is -2.25. The summed E-state index contributed by atoms with van der Waals surface area (Å²) in [6, 6.07) is 35.3. The van der Waals surface area contributed by atoms with Gasteiger partial charge in [0, 0.05) is 29.3 Å². The number of aromatic nitrogens is 1. The van der Waals surface area contributed by atoms with Crippen LogP contribution in [0.15, 0.2) is 115 Å². The first-order chi connectivity index (χ1) is 14.9. The topological polar surface area (TPSA) is 22.1 Å². The second kappa shape index (κ2) is 8.22. The van der Waals surface area contributed by atoms with Gasteiger partial charge in [-0.3, -0.25) is 0 Å². The largest absolute Gasteiger partial charge is 0.438 e. The first-order valence-electron chi connectivity index (χ1n) is 10.1. The number of hydrogen-bond acceptors (Lipinski definition) is 2. The Kier molecular flexibility index (Phi) is 4.97. The molecular weight excluding hydrogens is 366 g/mol. The number of benzene rings is 3. The van der Waals surface area contributed by atoms with Crippen molar-refractivity contribution < 1.29 is 4.74 Å². The van der Waals surface area contributed by atoms with Gasteiger partial charge in [0.05, 0.1) is 0 Å². The summed E-state index contributed by atoms with van der Waals surface area (Å²) in [5.41, 5.74) is 6.81. The molecule has 2 nitrogen and oxygen atoms in total. The predicted octanol–water partition coefficient (Wildman–Crippen LogP) is 6.67. The third-order valence-corrected chi connectivity index (χ3v) is 5.25. The number of rotatable bonds is 4. The van der Waals surface area contributed by atoms with E-state index in [0.29, 0.717) is 5.88 Å². The Morgan fingerprint density at radius 1 is 0.733 bits per heavy atom. The van der Waals surface area contributed by atoms with Crippen LogP contribution in [0.4, 0.5) is 0 Å². The van der Waals surface area contributed by atoms with Gasteiger partial charge < -0.3 is 4.74 Å². The fourth-order valence-electron chi connectivity index (χ4n) is 3.80. The highest BCUT2D eigenvalue weighted by molar-refractivity contribution is 5.97. The Bertz CT molecular complexity index is 1210. The molecule has 4 aromatic rings. The molecule has 0 amide bonds. The van der Waals surface area contributed by atoms with Gasteiger partial charge in [0.25, 0.3) is 0 Å². The maximum Gasteiger partial charge on any atom is 0.222 e. The lowest BCUT2D eigenvalue weighted by atomic mass is 9.88. The standard InChI is InChI=1S/C28H21NO/c1-4-11-21(12-5-1)19-25(22-13-6-2-7-14-22)26-20-24-17-10-18-29-28(24)30-27(26)23-15-8-3-9-16-23/h1-19H,20H2/b25-19+. The first-order valence-corrected chi connectivity index (χ1v) is 10.1. The van der Waals surface area contributed by atoms with Gasteiger partial charge in [0.15, 0.2) is 0 Å². The van der Waals surface area contributed by atoms with Crippen molar-refractivity contribution in [2.45, 2.75) is 6.42 Å². The SMILES string of the molecule is C(=C(\C1=C(c2ccccc2)Oc2ncccc2C1)c1ccccc1)/c1ccccc1. The van der Waals surface area contributed by atoms with Crippen molar-refractivity contribution in [1.82, 2.24) is 4.98 Å². The summed E-state index contributed by atoms with van der Waals surface area (Å²) in [5, 5.41) is 0. The van der Waals surface area contributed by atoms with Crippen LogP contribution in [0.2, 0.25) is 0 Å². The highest BCUT2D eigenvalue weighted by atomic mass is 16.5. The van der Waals surface area contributed by atoms with Crippen LogP contribution in [0.1, 0.15) is 22.3 Å². The van der Waals surface area contributed by atoms with Crippen LogP contribution in [-0.2, 0) is 6.42 Å². The second-order valence-electron chi connectivity index (χ2n) is 7.25. The fraction of sp³-hybridized carbons (Fsp3) is 0.0357. The Labute approximate surface area is 176 Å². The van der Waals surface area contributed by atoms with Crippen LogP contribution in [0, 0.1) is 0 Å². The maximum absolute atomic E-state index is 6.40. The molecular formula is C28H21NO. The molecule has 2 heterocycles. The number of pyridine rings is 1. The molecule has 5 rings (SSSR count). The molecule has 0 N–H and O–H groups in total. The second-order valence-corrected chi connectivity index (χ2v) is 7.25. The molecule has 0 fully saturated rings. The van der Waals surface area contributed by atoms with Gasteiger partial charge in [0.1, 0.15) is 5.76 Å². The van der Waals surface area contributed by atoms with Crippen molar-refractivity contribution in [3.05, 3.63) is 137 Å². The molecule has 0 radical (unpaired) electrons. The summed E-state index contributed by atoms with van der Waals surface area (Å²) < 4.78 is 6.40. The third-order valence-electron chi connectivity index (χ3n) is 5.25. The smallest absolute Gasteiger partial charge is 0.222 e. The van der Waals surface area contributed by atoms with E-state index in [1.54, 1.807) is 6.20 Å². The first kappa shape index (κ1) is 18.1. The third kappa shape index (κ3) is 3.68. The van der Waals surface area contributed by atoms with E-state index >= 15 is 0 Å². The molecule has 30 heavy (non-hydrogen) atoms. The summed E-state index contributed by atoms with van der Waals surface area (Å²) >= 11 is 0. The zero-order valence-corrected chi connectivity index (χ0v) is 16.5. The van der Waals surface area contributed by atoms with E-state index in [0.717, 1.165) is 40.0 Å². The molecule has 0 atom stereocenters. The lowest BCUT2D eigenvalue weighted by molar-refractivity contribution is 0.473. The van der Waals surface area contributed by atoms with Crippen LogP contribution in [0.5, 0.6) is 5.88 Å². The minimum Gasteiger partial charge on any atom is -0.438 e. The van der Waals surface area contributed by atoms with Crippen molar-refractivity contribution >= 4 is 17.4 Å². The molecule has 0 bridgehead atoms. The van der Waals surface area contributed by atoms with E-state index in [4.69, 9.17) is 4.74 Å². The van der Waals surface area contributed by atoms with Gasteiger partial charge in [-0.1, -0.05) is 97.1 Å². The molecule has 0 unspecified atom stereocenters. The zero-order chi connectivity index (χ0) is 20.2. The fourth-order valence-corrected chi connectivity index (χ4v) is 3.80. The van der Waals surface area contributed by atoms with Gasteiger partial charge in [0.2, 0.25) is 5.88 Å². The molecule has 0 aliphatic carbocycles. The van der Waals surface area contributed by atoms with Gasteiger partial charge in [-0.2, -0.15) is 0 Å². The minimum atomic E-state index is 0.687. The molecule has 1 aliphatic rings. The Hall–Kier alpha value is -3.91. The van der Waals surface area contributed by atoms with Crippen molar-refractivity contribution in [2.24, 2.45) is 0 Å². The molecule has 3 aromatic carbocycles. The molecule has 0 spiro atoms. The van der Waals surface area contributed by atoms with E-state index in [1.807, 2.05) is 36.4 Å². The number of hydrogen-bond donors (Lipinski definition) is 0. The number of nitrogens with zero attached hydrogens (tertiary/aromatic N) is 1. The van der Waals surface area contributed by atoms with Gasteiger partial charge in [-0.15, -0.1) is 0 Å². The zero-order valence-electron chi connectivity index (χ0n) is 16.5. The van der Waals surface area contributed by atoms with E-state index in [2.05, 4.69) is 77.8 Å². The van der Waals surface area contributed by atoms with Crippen molar-refractivity contribution in [1.29, 1.82) is 0 Å². The normalized spacial score (nSPS) is 13.5. The van der Waals surface area contributed by atoms with E-state index in [-0.39, 0.29) is 0 Å². The van der Waals surface area contributed by atoms with Crippen LogP contribution >= 0.6 is 0 Å². The van der Waals surface area contributed by atoms with E-state index in [1.165, 1.54) is 5.56 Å². The molecule has 0 saturated carbocycles. The van der Waals surface area contributed by atoms with Crippen molar-refractivity contribution in [2.75, 3.05) is 0 Å². The Morgan fingerprint density at radius 3 is 2.13 bits per heavy atom. The highest BCUT2D eigenvalue weighted by Gasteiger charge is 2.25. The summed E-state index contributed by atoms with van der Waals surface area (Å²) in [7, 11) is 0. The van der Waals surface area contributed by atoms with Crippen LogP contribution < -0.4 is 4.74 Å². The summed E-state index contributed by atoms with van der Waals surface area (Å²) in [4.78, 5) is 4.47. The van der Waals surface area contributed by atoms with Crippen LogP contribution in [0.25, 0.3) is 17.4 Å². The molecule has 1 aliphatic heterocycles. The molecule has 2 heteroatoms. The van der Waals surface area contributed by atoms with E-state index in [9.17, 15) is 0 Å². The van der Waals surface area contributed by atoms with Crippen molar-refractivity contribution in [3.63, 3.8) is 0 Å². The average Bonchev–Trinajstić information content (AvgIpc) is 2.83. The van der Waals surface area contributed by atoms with Crippen molar-refractivity contribution in [3.8, 4) is 5.88 Å². The predicted molar refractivity (Wildman–Crippen MR) is 123 cm³/mol. The average molecular weight is 387 g/mol. The summed E-state index contributed by atoms with van der Waals surface area (Å²) in [5.74, 6) is 1.56. The maximum atomic E-state index is 6.40. The Morgan fingerprint density at radius 2 is 1.40 bits per heavy atom. The number of fused-ring (bicyclic) bond motifs is 1. The van der Waals surface area contributed by atoms with Gasteiger partial charge in [-0.05, 0) is 28.8 Å². The lowest BCUT2D eigenvalue weighted by Crippen LogP contribution is -2.12. The van der Waals surface area contributed by atoms with Gasteiger partial charge >= 0.3 is 0 Å². The molecule has 1 aromatic heterocycles. The summed E-state index contributed by atoms with van der Waals surface area (Å²) in [6.07, 6.45) is 4.80. The monoisotopic (exact) mass is 387 g/mol. The van der Waals surface area contributed by atoms with Gasteiger partial charge in [-0.25, -0.2) is 4.98 Å². The van der Waals surface area contributed by atoms with Crippen LogP contribution in [0.3, 0.4) is 0 Å². The summed E-state index contributed by atoms with van der Waals surface area (Å²) in [6.45, 7) is 0. The molecule has 0 saturated heterocycles. The highest BCUT2D eigenvalue weighted by Crippen LogP contribution is 2.40. The molecule has 144 valence electrons. The minimum absolute atomic E-state index is 0.687. The Balaban J connectivity index is 1.74. The van der Waals surface area contributed by atoms with E-state index < -0.39 is 0 Å². The van der Waals surface area contributed by atoms with Crippen LogP contribution in [-0.4, -0.2) is 4.98 Å².